The van der Waals surface area contributed by atoms with Gasteiger partial charge in [-0.15, -0.1) is 0 Å². The first kappa shape index (κ1) is 18.0. The van der Waals surface area contributed by atoms with Crippen molar-refractivity contribution in [2.45, 2.75) is 44.6 Å². The Kier molecular flexibility index (Phi) is 5.16. The molecule has 132 valence electrons. The smallest absolute Gasteiger partial charge is 0.245 e. The highest BCUT2D eigenvalue weighted by Crippen LogP contribution is 2.51. The summed E-state index contributed by atoms with van der Waals surface area (Å²) in [7, 11) is 0. The van der Waals surface area contributed by atoms with Crippen LogP contribution in [-0.4, -0.2) is 11.4 Å². The van der Waals surface area contributed by atoms with Gasteiger partial charge in [0.2, 0.25) is 5.91 Å². The van der Waals surface area contributed by atoms with Crippen LogP contribution >= 0.6 is 11.6 Å². The van der Waals surface area contributed by atoms with E-state index in [0.717, 1.165) is 24.8 Å². The maximum absolute atomic E-state index is 13.1. The van der Waals surface area contributed by atoms with Crippen LogP contribution in [0.5, 0.6) is 0 Å². The summed E-state index contributed by atoms with van der Waals surface area (Å²) < 4.78 is 0. The molecule has 1 amide bonds. The molecule has 25 heavy (non-hydrogen) atoms. The molecular weight excluding hydrogens is 332 g/mol. The van der Waals surface area contributed by atoms with Gasteiger partial charge in [-0.25, -0.2) is 0 Å². The SMILES string of the molecule is CCc1cccc(C2CC(CC)C2(N)C(=O)Nc2cccc(Cl)c2)c1. The minimum Gasteiger partial charge on any atom is -0.324 e. The summed E-state index contributed by atoms with van der Waals surface area (Å²) in [6.45, 7) is 4.23. The molecule has 3 atom stereocenters. The molecule has 3 nitrogen and oxygen atoms in total. The maximum atomic E-state index is 13.1. The van der Waals surface area contributed by atoms with Gasteiger partial charge in [0.25, 0.3) is 0 Å². The topological polar surface area (TPSA) is 55.1 Å². The number of rotatable bonds is 5. The van der Waals surface area contributed by atoms with Crippen molar-refractivity contribution < 1.29 is 4.79 Å². The van der Waals surface area contributed by atoms with E-state index >= 15 is 0 Å². The lowest BCUT2D eigenvalue weighted by Gasteiger charge is -2.52. The molecule has 1 aliphatic carbocycles. The van der Waals surface area contributed by atoms with E-state index in [0.29, 0.717) is 10.7 Å². The normalized spacial score (nSPS) is 25.3. The molecule has 2 aromatic rings. The summed E-state index contributed by atoms with van der Waals surface area (Å²) in [6, 6.07) is 15.6. The Labute approximate surface area is 154 Å². The second-order valence-electron chi connectivity index (χ2n) is 6.89. The minimum atomic E-state index is -0.885. The van der Waals surface area contributed by atoms with E-state index in [2.05, 4.69) is 43.4 Å². The number of carbonyl (C=O) groups is 1. The van der Waals surface area contributed by atoms with Crippen LogP contribution in [-0.2, 0) is 11.2 Å². The molecule has 3 rings (SSSR count). The van der Waals surface area contributed by atoms with Crippen LogP contribution in [0.1, 0.15) is 43.7 Å². The van der Waals surface area contributed by atoms with Gasteiger partial charge < -0.3 is 11.1 Å². The molecule has 0 heterocycles. The lowest BCUT2D eigenvalue weighted by Crippen LogP contribution is -2.67. The summed E-state index contributed by atoms with van der Waals surface area (Å²) in [5, 5.41) is 3.56. The Morgan fingerprint density at radius 3 is 2.68 bits per heavy atom. The van der Waals surface area contributed by atoms with Gasteiger partial charge in [0.1, 0.15) is 5.54 Å². The molecule has 1 fully saturated rings. The number of carbonyl (C=O) groups excluding carboxylic acids is 1. The maximum Gasteiger partial charge on any atom is 0.245 e. The Bertz CT molecular complexity index is 776. The highest BCUT2D eigenvalue weighted by atomic mass is 35.5. The second kappa shape index (κ2) is 7.19. The number of nitrogens with one attached hydrogen (secondary N) is 1. The molecular formula is C21H25ClN2O. The fraction of sp³-hybridized carbons (Fsp3) is 0.381. The zero-order chi connectivity index (χ0) is 18.0. The minimum absolute atomic E-state index is 0.0446. The van der Waals surface area contributed by atoms with Gasteiger partial charge in [-0.05, 0) is 48.1 Å². The predicted octanol–water partition coefficient (Wildman–Crippen LogP) is 4.75. The molecule has 1 saturated carbocycles. The van der Waals surface area contributed by atoms with Gasteiger partial charge in [0, 0.05) is 16.6 Å². The van der Waals surface area contributed by atoms with Crippen LogP contribution in [0.25, 0.3) is 0 Å². The van der Waals surface area contributed by atoms with Crippen LogP contribution in [0.15, 0.2) is 48.5 Å². The Morgan fingerprint density at radius 2 is 2.00 bits per heavy atom. The van der Waals surface area contributed by atoms with E-state index in [1.807, 2.05) is 12.1 Å². The first-order valence-corrected chi connectivity index (χ1v) is 9.31. The first-order chi connectivity index (χ1) is 12.0. The lowest BCUT2D eigenvalue weighted by atomic mass is 9.55. The fourth-order valence-corrected chi connectivity index (χ4v) is 4.08. The average Bonchev–Trinajstić information content (AvgIpc) is 2.60. The Balaban J connectivity index is 1.87. The van der Waals surface area contributed by atoms with E-state index in [1.165, 1.54) is 5.56 Å². The molecule has 0 aromatic heterocycles. The second-order valence-corrected chi connectivity index (χ2v) is 7.33. The lowest BCUT2D eigenvalue weighted by molar-refractivity contribution is -0.129. The average molecular weight is 357 g/mol. The Hall–Kier alpha value is -1.84. The van der Waals surface area contributed by atoms with Crippen LogP contribution in [0.2, 0.25) is 5.02 Å². The van der Waals surface area contributed by atoms with Gasteiger partial charge in [-0.1, -0.05) is 62.2 Å². The van der Waals surface area contributed by atoms with E-state index in [4.69, 9.17) is 17.3 Å². The number of hydrogen-bond acceptors (Lipinski definition) is 2. The standard InChI is InChI=1S/C21H25ClN2O/c1-3-14-7-5-8-15(11-14)19-12-16(4-2)21(19,23)20(25)24-18-10-6-9-17(22)13-18/h5-11,13,16,19H,3-4,12,23H2,1-2H3,(H,24,25). The van der Waals surface area contributed by atoms with Gasteiger partial charge in [-0.3, -0.25) is 4.79 Å². The van der Waals surface area contributed by atoms with Crippen molar-refractivity contribution in [3.63, 3.8) is 0 Å². The number of aryl methyl sites for hydroxylation is 1. The van der Waals surface area contributed by atoms with E-state index in [1.54, 1.807) is 12.1 Å². The number of amides is 1. The third-order valence-electron chi connectivity index (χ3n) is 5.50. The third-order valence-corrected chi connectivity index (χ3v) is 5.74. The Morgan fingerprint density at radius 1 is 1.24 bits per heavy atom. The molecule has 4 heteroatoms. The molecule has 3 unspecified atom stereocenters. The van der Waals surface area contributed by atoms with Crippen molar-refractivity contribution in [2.75, 3.05) is 5.32 Å². The van der Waals surface area contributed by atoms with Gasteiger partial charge in [-0.2, -0.15) is 0 Å². The van der Waals surface area contributed by atoms with Crippen molar-refractivity contribution >= 4 is 23.2 Å². The van der Waals surface area contributed by atoms with Crippen molar-refractivity contribution in [1.82, 2.24) is 0 Å². The van der Waals surface area contributed by atoms with Crippen molar-refractivity contribution in [1.29, 1.82) is 0 Å². The molecule has 0 spiro atoms. The van der Waals surface area contributed by atoms with E-state index < -0.39 is 5.54 Å². The van der Waals surface area contributed by atoms with Crippen molar-refractivity contribution in [3.8, 4) is 0 Å². The number of hydrogen-bond donors (Lipinski definition) is 2. The van der Waals surface area contributed by atoms with Gasteiger partial charge >= 0.3 is 0 Å². The van der Waals surface area contributed by atoms with Gasteiger partial charge in [0.15, 0.2) is 0 Å². The summed E-state index contributed by atoms with van der Waals surface area (Å²) >= 11 is 6.02. The quantitative estimate of drug-likeness (QED) is 0.812. The zero-order valence-corrected chi connectivity index (χ0v) is 15.5. The van der Waals surface area contributed by atoms with Crippen LogP contribution in [0.3, 0.4) is 0 Å². The summed E-state index contributed by atoms with van der Waals surface area (Å²) in [6.07, 6.45) is 2.82. The van der Waals surface area contributed by atoms with E-state index in [9.17, 15) is 4.79 Å². The van der Waals surface area contributed by atoms with Crippen LogP contribution in [0, 0.1) is 5.92 Å². The third kappa shape index (κ3) is 3.31. The fourth-order valence-electron chi connectivity index (χ4n) is 3.89. The largest absolute Gasteiger partial charge is 0.324 e. The molecule has 0 saturated heterocycles. The van der Waals surface area contributed by atoms with Crippen molar-refractivity contribution in [2.24, 2.45) is 11.7 Å². The van der Waals surface area contributed by atoms with Gasteiger partial charge in [0.05, 0.1) is 0 Å². The van der Waals surface area contributed by atoms with Crippen LogP contribution in [0.4, 0.5) is 5.69 Å². The molecule has 3 N–H and O–H groups in total. The molecule has 0 bridgehead atoms. The number of nitrogens with two attached hydrogens (primary N) is 1. The summed E-state index contributed by atoms with van der Waals surface area (Å²) in [4.78, 5) is 13.1. The van der Waals surface area contributed by atoms with Crippen molar-refractivity contribution in [3.05, 3.63) is 64.7 Å². The number of anilines is 1. The number of benzene rings is 2. The predicted molar refractivity (Wildman–Crippen MR) is 104 cm³/mol. The summed E-state index contributed by atoms with van der Waals surface area (Å²) in [5.74, 6) is 0.102. The molecule has 1 aliphatic rings. The monoisotopic (exact) mass is 356 g/mol. The molecule has 0 radical (unpaired) electrons. The molecule has 2 aromatic carbocycles. The summed E-state index contributed by atoms with van der Waals surface area (Å²) in [5.41, 5.74) is 8.94. The molecule has 0 aliphatic heterocycles. The van der Waals surface area contributed by atoms with E-state index in [-0.39, 0.29) is 17.7 Å². The highest BCUT2D eigenvalue weighted by Gasteiger charge is 2.57. The first-order valence-electron chi connectivity index (χ1n) is 8.93. The zero-order valence-electron chi connectivity index (χ0n) is 14.8. The highest BCUT2D eigenvalue weighted by molar-refractivity contribution is 6.30. The van der Waals surface area contributed by atoms with Crippen LogP contribution < -0.4 is 11.1 Å². The number of halogens is 1.